The molecule has 1 aliphatic rings. The monoisotopic (exact) mass is 276 g/mol. The average molecular weight is 276 g/mol. The van der Waals surface area contributed by atoms with Gasteiger partial charge in [-0.05, 0) is 38.7 Å². The second kappa shape index (κ2) is 6.37. The van der Waals surface area contributed by atoms with E-state index in [4.69, 9.17) is 10.5 Å². The van der Waals surface area contributed by atoms with E-state index in [-0.39, 0.29) is 5.91 Å². The molecule has 0 aromatic heterocycles. The van der Waals surface area contributed by atoms with Gasteiger partial charge in [0.25, 0.3) is 0 Å². The lowest BCUT2D eigenvalue weighted by Gasteiger charge is -2.31. The first-order valence-corrected chi connectivity index (χ1v) is 7.22. The average Bonchev–Trinajstić information content (AvgIpc) is 2.38. The number of nitrogens with one attached hydrogen (secondary N) is 1. The third-order valence-electron chi connectivity index (χ3n) is 3.82. The highest BCUT2D eigenvalue weighted by molar-refractivity contribution is 5.86. The van der Waals surface area contributed by atoms with Crippen LogP contribution in [0, 0.1) is 13.8 Å². The third kappa shape index (κ3) is 3.81. The zero-order valence-corrected chi connectivity index (χ0v) is 12.4. The molecule has 0 atom stereocenters. The van der Waals surface area contributed by atoms with Crippen LogP contribution >= 0.6 is 0 Å². The van der Waals surface area contributed by atoms with Gasteiger partial charge in [0.2, 0.25) is 5.91 Å². The van der Waals surface area contributed by atoms with Crippen LogP contribution in [-0.2, 0) is 16.0 Å². The second-order valence-corrected chi connectivity index (χ2v) is 5.77. The number of carbonyl (C=O) groups is 1. The maximum absolute atomic E-state index is 12.2. The summed E-state index contributed by atoms with van der Waals surface area (Å²) in [5.74, 6) is -0.0508. The van der Waals surface area contributed by atoms with Crippen molar-refractivity contribution in [2.45, 2.75) is 38.6 Å². The first-order valence-electron chi connectivity index (χ1n) is 7.22. The van der Waals surface area contributed by atoms with Gasteiger partial charge in [-0.2, -0.15) is 0 Å². The Morgan fingerprint density at radius 3 is 2.45 bits per heavy atom. The Balaban J connectivity index is 1.84. The largest absolute Gasteiger partial charge is 0.381 e. The van der Waals surface area contributed by atoms with Gasteiger partial charge in [-0.1, -0.05) is 29.3 Å². The van der Waals surface area contributed by atoms with Crippen molar-refractivity contribution >= 4 is 5.91 Å². The summed E-state index contributed by atoms with van der Waals surface area (Å²) in [4.78, 5) is 12.2. The molecule has 2 rings (SSSR count). The van der Waals surface area contributed by atoms with Crippen molar-refractivity contribution in [3.8, 4) is 0 Å². The van der Waals surface area contributed by atoms with E-state index in [0.29, 0.717) is 32.6 Å². The lowest BCUT2D eigenvalue weighted by molar-refractivity contribution is -0.129. The number of ether oxygens (including phenoxy) is 1. The van der Waals surface area contributed by atoms with Gasteiger partial charge in [0.15, 0.2) is 0 Å². The summed E-state index contributed by atoms with van der Waals surface area (Å²) >= 11 is 0. The van der Waals surface area contributed by atoms with Gasteiger partial charge in [0.05, 0.1) is 5.54 Å². The molecule has 1 saturated heterocycles. The lowest BCUT2D eigenvalue weighted by atomic mass is 9.90. The molecule has 3 N–H and O–H groups in total. The summed E-state index contributed by atoms with van der Waals surface area (Å²) in [6, 6.07) is 6.47. The Hall–Kier alpha value is -1.39. The second-order valence-electron chi connectivity index (χ2n) is 5.77. The van der Waals surface area contributed by atoms with Crippen molar-refractivity contribution in [2.24, 2.45) is 5.73 Å². The quantitative estimate of drug-likeness (QED) is 0.875. The molecule has 1 aromatic carbocycles. The van der Waals surface area contributed by atoms with E-state index >= 15 is 0 Å². The standard InChI is InChI=1S/C16H24N2O2/c1-12-9-13(2)11-14(10-12)3-6-18-15(19)16(17)4-7-20-8-5-16/h9-11H,3-8,17H2,1-2H3,(H,18,19). The van der Waals surface area contributed by atoms with Crippen LogP contribution in [0.3, 0.4) is 0 Å². The minimum absolute atomic E-state index is 0.0508. The lowest BCUT2D eigenvalue weighted by Crippen LogP contribution is -2.57. The van der Waals surface area contributed by atoms with Crippen LogP contribution in [0.4, 0.5) is 0 Å². The Morgan fingerprint density at radius 1 is 1.25 bits per heavy atom. The molecule has 0 unspecified atom stereocenters. The summed E-state index contributed by atoms with van der Waals surface area (Å²) in [7, 11) is 0. The van der Waals surface area contributed by atoms with Crippen molar-refractivity contribution in [2.75, 3.05) is 19.8 Å². The summed E-state index contributed by atoms with van der Waals surface area (Å²) in [6.07, 6.45) is 2.03. The van der Waals surface area contributed by atoms with E-state index in [2.05, 4.69) is 37.4 Å². The number of aryl methyl sites for hydroxylation is 2. The van der Waals surface area contributed by atoms with Crippen molar-refractivity contribution in [1.82, 2.24) is 5.32 Å². The first kappa shape index (κ1) is 15.0. The molecule has 0 saturated carbocycles. The number of carbonyl (C=O) groups excluding carboxylic acids is 1. The molecule has 0 spiro atoms. The predicted octanol–water partition coefficient (Wildman–Crippen LogP) is 1.47. The minimum Gasteiger partial charge on any atom is -0.381 e. The number of amides is 1. The zero-order valence-electron chi connectivity index (χ0n) is 12.4. The number of nitrogens with two attached hydrogens (primary N) is 1. The molecule has 1 fully saturated rings. The van der Waals surface area contributed by atoms with Gasteiger partial charge in [-0.15, -0.1) is 0 Å². The fourth-order valence-corrected chi connectivity index (χ4v) is 2.67. The topological polar surface area (TPSA) is 64.4 Å². The number of rotatable bonds is 4. The van der Waals surface area contributed by atoms with Crippen LogP contribution in [0.2, 0.25) is 0 Å². The maximum atomic E-state index is 12.2. The minimum atomic E-state index is -0.749. The van der Waals surface area contributed by atoms with Crippen LogP contribution < -0.4 is 11.1 Å². The number of hydrogen-bond donors (Lipinski definition) is 2. The van der Waals surface area contributed by atoms with Gasteiger partial charge in [-0.3, -0.25) is 4.79 Å². The summed E-state index contributed by atoms with van der Waals surface area (Å²) in [5, 5.41) is 2.96. The van der Waals surface area contributed by atoms with Crippen molar-refractivity contribution < 1.29 is 9.53 Å². The maximum Gasteiger partial charge on any atom is 0.240 e. The fraction of sp³-hybridized carbons (Fsp3) is 0.562. The zero-order chi connectivity index (χ0) is 14.6. The van der Waals surface area contributed by atoms with Crippen LogP contribution in [0.1, 0.15) is 29.5 Å². The first-order chi connectivity index (χ1) is 9.49. The molecule has 0 bridgehead atoms. The Bertz CT molecular complexity index is 459. The Kier molecular flexibility index (Phi) is 4.78. The van der Waals surface area contributed by atoms with E-state index in [0.717, 1.165) is 6.42 Å². The Labute approximate surface area is 120 Å². The van der Waals surface area contributed by atoms with Gasteiger partial charge < -0.3 is 15.8 Å². The molecule has 110 valence electrons. The smallest absolute Gasteiger partial charge is 0.240 e. The van der Waals surface area contributed by atoms with Crippen LogP contribution in [0.15, 0.2) is 18.2 Å². The molecule has 1 aromatic rings. The summed E-state index contributed by atoms with van der Waals surface area (Å²) < 4.78 is 5.26. The van der Waals surface area contributed by atoms with Gasteiger partial charge in [0, 0.05) is 19.8 Å². The van der Waals surface area contributed by atoms with E-state index in [9.17, 15) is 4.79 Å². The van der Waals surface area contributed by atoms with E-state index < -0.39 is 5.54 Å². The van der Waals surface area contributed by atoms with Crippen molar-refractivity contribution in [3.63, 3.8) is 0 Å². The highest BCUT2D eigenvalue weighted by Gasteiger charge is 2.35. The van der Waals surface area contributed by atoms with Crippen molar-refractivity contribution in [1.29, 1.82) is 0 Å². The highest BCUT2D eigenvalue weighted by atomic mass is 16.5. The molecular weight excluding hydrogens is 252 g/mol. The van der Waals surface area contributed by atoms with Crippen molar-refractivity contribution in [3.05, 3.63) is 34.9 Å². The molecule has 1 aliphatic heterocycles. The van der Waals surface area contributed by atoms with E-state index in [1.807, 2.05) is 0 Å². The molecule has 1 amide bonds. The van der Waals surface area contributed by atoms with Gasteiger partial charge in [-0.25, -0.2) is 0 Å². The van der Waals surface area contributed by atoms with Gasteiger partial charge in [0.1, 0.15) is 0 Å². The SMILES string of the molecule is Cc1cc(C)cc(CCNC(=O)C2(N)CCOCC2)c1. The molecule has 20 heavy (non-hydrogen) atoms. The third-order valence-corrected chi connectivity index (χ3v) is 3.82. The van der Waals surface area contributed by atoms with Crippen LogP contribution in [0.5, 0.6) is 0 Å². The Morgan fingerprint density at radius 2 is 1.85 bits per heavy atom. The van der Waals surface area contributed by atoms with Crippen LogP contribution in [-0.4, -0.2) is 31.2 Å². The summed E-state index contributed by atoms with van der Waals surface area (Å²) in [5.41, 5.74) is 9.15. The molecule has 0 radical (unpaired) electrons. The fourth-order valence-electron chi connectivity index (χ4n) is 2.67. The predicted molar refractivity (Wildman–Crippen MR) is 79.6 cm³/mol. The normalized spacial score (nSPS) is 17.8. The van der Waals surface area contributed by atoms with Gasteiger partial charge >= 0.3 is 0 Å². The van der Waals surface area contributed by atoms with E-state index in [1.54, 1.807) is 0 Å². The number of hydrogen-bond acceptors (Lipinski definition) is 3. The van der Waals surface area contributed by atoms with Crippen LogP contribution in [0.25, 0.3) is 0 Å². The highest BCUT2D eigenvalue weighted by Crippen LogP contribution is 2.17. The molecule has 4 nitrogen and oxygen atoms in total. The summed E-state index contributed by atoms with van der Waals surface area (Å²) in [6.45, 7) is 5.95. The molecule has 4 heteroatoms. The van der Waals surface area contributed by atoms with E-state index in [1.165, 1.54) is 16.7 Å². The molecule has 0 aliphatic carbocycles. The number of benzene rings is 1. The molecule has 1 heterocycles. The molecular formula is C16H24N2O2.